The van der Waals surface area contributed by atoms with E-state index in [9.17, 15) is 19.5 Å². The van der Waals surface area contributed by atoms with Crippen molar-refractivity contribution in [1.29, 1.82) is 0 Å². The molecule has 9 heteroatoms. The Balaban J connectivity index is 3.98. The summed E-state index contributed by atoms with van der Waals surface area (Å²) in [5.41, 5.74) is 0. The van der Waals surface area contributed by atoms with E-state index in [2.05, 4.69) is 111 Å². The van der Waals surface area contributed by atoms with E-state index in [0.29, 0.717) is 17.4 Å². The number of esters is 2. The highest BCUT2D eigenvalue weighted by atomic mass is 16.7. The van der Waals surface area contributed by atoms with Crippen molar-refractivity contribution in [2.45, 2.75) is 418 Å². The van der Waals surface area contributed by atoms with Crippen molar-refractivity contribution in [2.24, 2.45) is 0 Å². The van der Waals surface area contributed by atoms with Gasteiger partial charge in [-0.25, -0.2) is 4.79 Å². The summed E-state index contributed by atoms with van der Waals surface area (Å²) >= 11 is 0. The molecule has 0 fully saturated rings. The zero-order valence-corrected chi connectivity index (χ0v) is 66.6. The van der Waals surface area contributed by atoms with Gasteiger partial charge in [0, 0.05) is 12.8 Å². The van der Waals surface area contributed by atoms with Crippen molar-refractivity contribution in [3.8, 4) is 0 Å². The van der Waals surface area contributed by atoms with E-state index in [-0.39, 0.29) is 38.2 Å². The Bertz CT molecular complexity index is 1970. The van der Waals surface area contributed by atoms with Crippen molar-refractivity contribution in [1.82, 2.24) is 0 Å². The summed E-state index contributed by atoms with van der Waals surface area (Å²) < 4.78 is 23.1. The van der Waals surface area contributed by atoms with Crippen molar-refractivity contribution in [3.05, 3.63) is 97.2 Å². The number of quaternary nitrogens is 1. The smallest absolute Gasteiger partial charge is 0.361 e. The van der Waals surface area contributed by atoms with E-state index in [1.54, 1.807) is 0 Å². The van der Waals surface area contributed by atoms with E-state index in [0.717, 1.165) is 89.9 Å². The summed E-state index contributed by atoms with van der Waals surface area (Å²) in [6.45, 7) is 4.83. The summed E-state index contributed by atoms with van der Waals surface area (Å²) in [6.07, 6.45) is 110. The van der Waals surface area contributed by atoms with Crippen LogP contribution >= 0.6 is 0 Å². The molecule has 2 unspecified atom stereocenters. The van der Waals surface area contributed by atoms with Crippen molar-refractivity contribution in [2.75, 3.05) is 47.5 Å². The number of ether oxygens (including phenoxy) is 4. The Morgan fingerprint density at radius 2 is 0.570 bits per heavy atom. The minimum absolute atomic E-state index is 0.179. The van der Waals surface area contributed by atoms with Crippen molar-refractivity contribution in [3.63, 3.8) is 0 Å². The summed E-state index contributed by atoms with van der Waals surface area (Å²) in [7, 11) is 6.00. The Morgan fingerprint density at radius 3 is 0.850 bits per heavy atom. The number of likely N-dealkylation sites (N-methyl/N-ethyl adjacent to an activating group) is 1. The molecule has 0 amide bonds. The van der Waals surface area contributed by atoms with Crippen LogP contribution in [-0.2, 0) is 33.3 Å². The van der Waals surface area contributed by atoms with Gasteiger partial charge in [-0.05, 0) is 77.0 Å². The molecule has 580 valence electrons. The van der Waals surface area contributed by atoms with Gasteiger partial charge in [0.2, 0.25) is 0 Å². The van der Waals surface area contributed by atoms with Crippen LogP contribution in [0.3, 0.4) is 0 Å². The molecule has 0 saturated heterocycles. The second kappa shape index (κ2) is 80.9. The van der Waals surface area contributed by atoms with Crippen LogP contribution in [0.4, 0.5) is 0 Å². The van der Waals surface area contributed by atoms with Gasteiger partial charge in [-0.2, -0.15) is 0 Å². The van der Waals surface area contributed by atoms with Gasteiger partial charge in [0.25, 0.3) is 6.29 Å². The molecule has 9 nitrogen and oxygen atoms in total. The molecular formula is C91H164NO8+. The van der Waals surface area contributed by atoms with E-state index in [1.807, 2.05) is 21.1 Å². The van der Waals surface area contributed by atoms with Crippen LogP contribution in [0.25, 0.3) is 0 Å². The molecule has 2 atom stereocenters. The fourth-order valence-electron chi connectivity index (χ4n) is 12.6. The number of carbonyl (C=O) groups is 3. The predicted molar refractivity (Wildman–Crippen MR) is 433 cm³/mol. The molecule has 0 aliphatic rings. The second-order valence-electron chi connectivity index (χ2n) is 30.1. The molecule has 1 N–H and O–H groups in total. The molecule has 0 aliphatic carbocycles. The van der Waals surface area contributed by atoms with E-state index in [4.69, 9.17) is 18.9 Å². The molecule has 0 saturated carbocycles. The van der Waals surface area contributed by atoms with Crippen LogP contribution < -0.4 is 0 Å². The molecule has 0 aromatic carbocycles. The highest BCUT2D eigenvalue weighted by Gasteiger charge is 2.25. The van der Waals surface area contributed by atoms with Gasteiger partial charge < -0.3 is 28.5 Å². The third-order valence-electron chi connectivity index (χ3n) is 19.1. The molecule has 0 aliphatic heterocycles. The molecule has 0 aromatic heterocycles. The first-order valence-corrected chi connectivity index (χ1v) is 42.9. The maximum atomic E-state index is 13.0. The summed E-state index contributed by atoms with van der Waals surface area (Å²) in [5.74, 6) is -1.98. The maximum absolute atomic E-state index is 13.0. The lowest BCUT2D eigenvalue weighted by Gasteiger charge is -2.25. The van der Waals surface area contributed by atoms with Gasteiger partial charge in [-0.1, -0.05) is 413 Å². The maximum Gasteiger partial charge on any atom is 0.361 e. The quantitative estimate of drug-likeness (QED) is 0.0211. The molecule has 0 radical (unpaired) electrons. The summed E-state index contributed by atoms with van der Waals surface area (Å²) in [5, 5.41) is 9.79. The molecule has 0 heterocycles. The first-order valence-electron chi connectivity index (χ1n) is 42.9. The fourth-order valence-corrected chi connectivity index (χ4v) is 12.6. The van der Waals surface area contributed by atoms with Gasteiger partial charge in [0.05, 0.1) is 34.4 Å². The van der Waals surface area contributed by atoms with Crippen LogP contribution in [0.5, 0.6) is 0 Å². The Labute approximate surface area is 620 Å². The molecule has 0 spiro atoms. The lowest BCUT2D eigenvalue weighted by molar-refractivity contribution is -0.870. The number of rotatable bonds is 80. The monoisotopic (exact) mass is 1400 g/mol. The largest absolute Gasteiger partial charge is 0.477 e. The number of hydrogen-bond donors (Lipinski definition) is 1. The molecule has 0 bridgehead atoms. The Morgan fingerprint density at radius 1 is 0.310 bits per heavy atom. The number of allylic oxidation sites excluding steroid dienone is 16. The topological polar surface area (TPSA) is 108 Å². The Kier molecular flexibility index (Phi) is 77.8. The standard InChI is InChI=1S/C91H163NO8/c1-6-8-10-12-14-16-18-20-22-24-26-28-30-32-34-36-38-40-42-43-44-45-46-47-48-50-52-54-56-58-60-62-64-66-68-70-72-74-76-78-80-82-89(94)100-87(86-99-91(90(95)96)97-84-83-92(3,4)5)85-98-88(93)81-79-77-75-73-71-69-67-65-63-61-59-57-55-53-51-49-41-39-37-35-33-31-29-27-25-23-21-19-17-15-13-11-9-7-2/h8,10,14,16,20,22,26,28,32,34,38,40,43-44,46-47,87,91H,6-7,9,11-13,15,17-19,21,23-25,27,29-31,33,35-37,39,41-42,45,48-86H2,1-5H3/p+1/b10-8-,16-14-,22-20-,28-26-,34-32-,40-38-,44-43-,47-46-. The SMILES string of the molecule is CC/C=C\C/C=C\C/C=C\C/C=C\C/C=C\C/C=C\C/C=C\C/C=C\CCCCCCCCCCCCCCCCCCC(=O)OC(COC(=O)CCCCCCCCCCCCCCCCCCCCCCCCCCCCCCCCCCCC)COC(OCC[N+](C)(C)C)C(=O)O. The highest BCUT2D eigenvalue weighted by molar-refractivity contribution is 5.71. The van der Waals surface area contributed by atoms with Gasteiger partial charge in [-0.3, -0.25) is 9.59 Å². The summed E-state index contributed by atoms with van der Waals surface area (Å²) in [6, 6.07) is 0. The Hall–Kier alpha value is -3.79. The van der Waals surface area contributed by atoms with Crippen LogP contribution in [0.1, 0.15) is 406 Å². The van der Waals surface area contributed by atoms with Crippen molar-refractivity contribution >= 4 is 17.9 Å². The number of hydrogen-bond acceptors (Lipinski definition) is 7. The predicted octanol–water partition coefficient (Wildman–Crippen LogP) is 27.9. The molecule has 100 heavy (non-hydrogen) atoms. The van der Waals surface area contributed by atoms with Crippen LogP contribution in [0.2, 0.25) is 0 Å². The normalized spacial score (nSPS) is 13.1. The third-order valence-corrected chi connectivity index (χ3v) is 19.1. The van der Waals surface area contributed by atoms with E-state index < -0.39 is 18.4 Å². The second-order valence-corrected chi connectivity index (χ2v) is 30.1. The number of carboxylic acids is 1. The number of unbranched alkanes of at least 4 members (excludes halogenated alkanes) is 49. The van der Waals surface area contributed by atoms with E-state index >= 15 is 0 Å². The van der Waals surface area contributed by atoms with Crippen LogP contribution in [0, 0.1) is 0 Å². The highest BCUT2D eigenvalue weighted by Crippen LogP contribution is 2.20. The van der Waals surface area contributed by atoms with Gasteiger partial charge in [0.15, 0.2) is 6.10 Å². The zero-order valence-electron chi connectivity index (χ0n) is 66.6. The van der Waals surface area contributed by atoms with Gasteiger partial charge in [0.1, 0.15) is 13.2 Å². The number of nitrogens with zero attached hydrogens (tertiary/aromatic N) is 1. The minimum Gasteiger partial charge on any atom is -0.477 e. The van der Waals surface area contributed by atoms with E-state index in [1.165, 1.54) is 289 Å². The number of aliphatic carboxylic acids is 1. The van der Waals surface area contributed by atoms with Crippen LogP contribution in [0.15, 0.2) is 97.2 Å². The fraction of sp³-hybridized carbons (Fsp3) is 0.791. The lowest BCUT2D eigenvalue weighted by atomic mass is 10.0. The molecular weight excluding hydrogens is 1230 g/mol. The van der Waals surface area contributed by atoms with Gasteiger partial charge >= 0.3 is 17.9 Å². The van der Waals surface area contributed by atoms with Crippen LogP contribution in [-0.4, -0.2) is 87.4 Å². The average molecular weight is 1400 g/mol. The lowest BCUT2D eigenvalue weighted by Crippen LogP contribution is -2.40. The molecule has 0 aromatic rings. The zero-order chi connectivity index (χ0) is 72.5. The van der Waals surface area contributed by atoms with Crippen molar-refractivity contribution < 1.29 is 42.9 Å². The van der Waals surface area contributed by atoms with Gasteiger partial charge in [-0.15, -0.1) is 0 Å². The summed E-state index contributed by atoms with van der Waals surface area (Å²) in [4.78, 5) is 37.8. The minimum atomic E-state index is -1.51. The molecule has 0 rings (SSSR count). The number of carboxylic acid groups (broad SMARTS) is 1. The first kappa shape index (κ1) is 96.2. The average Bonchev–Trinajstić information content (AvgIpc) is 1.08. The number of carbonyl (C=O) groups excluding carboxylic acids is 2. The first-order chi connectivity index (χ1) is 49.1. The third kappa shape index (κ3) is 81.5.